The van der Waals surface area contributed by atoms with E-state index in [0.29, 0.717) is 6.04 Å². The van der Waals surface area contributed by atoms with Gasteiger partial charge in [-0.1, -0.05) is 0 Å². The van der Waals surface area contributed by atoms with Gasteiger partial charge in [0.25, 0.3) is 0 Å². The van der Waals surface area contributed by atoms with Crippen LogP contribution >= 0.6 is 11.8 Å². The Hall–Kier alpha value is 0.230. The van der Waals surface area contributed by atoms with Gasteiger partial charge in [0, 0.05) is 31.6 Å². The van der Waals surface area contributed by atoms with Crippen molar-refractivity contribution in [3.05, 3.63) is 0 Å². The lowest BCUT2D eigenvalue weighted by Gasteiger charge is -2.43. The minimum Gasteiger partial charge on any atom is -0.381 e. The van der Waals surface area contributed by atoms with Crippen molar-refractivity contribution in [3.8, 4) is 0 Å². The molecule has 0 aromatic rings. The second kappa shape index (κ2) is 6.33. The molecule has 4 heteroatoms. The Morgan fingerprint density at radius 3 is 2.63 bits per heavy atom. The summed E-state index contributed by atoms with van der Waals surface area (Å²) in [5.74, 6) is 4.09. The molecule has 0 aromatic carbocycles. The first-order valence-electron chi connectivity index (χ1n) is 7.80. The second-order valence-electron chi connectivity index (χ2n) is 6.35. The Kier molecular flexibility index (Phi) is 4.73. The van der Waals surface area contributed by atoms with E-state index in [1.165, 1.54) is 43.6 Å². The zero-order valence-corrected chi connectivity index (χ0v) is 12.8. The fraction of sp³-hybridized carbons (Fsp3) is 1.00. The van der Waals surface area contributed by atoms with Crippen molar-refractivity contribution >= 4 is 11.8 Å². The third-order valence-corrected chi connectivity index (χ3v) is 6.44. The molecule has 3 nitrogen and oxygen atoms in total. The van der Waals surface area contributed by atoms with E-state index in [0.717, 1.165) is 31.7 Å². The average molecular weight is 285 g/mol. The monoisotopic (exact) mass is 285 g/mol. The Balaban J connectivity index is 1.64. The maximum atomic E-state index is 6.17. The van der Waals surface area contributed by atoms with Gasteiger partial charge in [0.2, 0.25) is 0 Å². The number of hydrogen-bond acceptors (Lipinski definition) is 4. The van der Waals surface area contributed by atoms with Crippen molar-refractivity contribution in [2.45, 2.75) is 43.7 Å². The van der Waals surface area contributed by atoms with Crippen LogP contribution in [0.4, 0.5) is 0 Å². The van der Waals surface area contributed by atoms with Gasteiger partial charge in [0.1, 0.15) is 0 Å². The molecule has 110 valence electrons. The molecule has 0 saturated carbocycles. The first-order chi connectivity index (χ1) is 9.33. The summed E-state index contributed by atoms with van der Waals surface area (Å²) in [6.07, 6.45) is 6.21. The van der Waals surface area contributed by atoms with Gasteiger partial charge < -0.3 is 14.8 Å². The zero-order valence-electron chi connectivity index (χ0n) is 12.0. The molecular weight excluding hydrogens is 258 g/mol. The summed E-state index contributed by atoms with van der Waals surface area (Å²) < 4.78 is 11.7. The summed E-state index contributed by atoms with van der Waals surface area (Å²) in [4.78, 5) is 0. The van der Waals surface area contributed by atoms with Crippen LogP contribution in [0.25, 0.3) is 0 Å². The lowest BCUT2D eigenvalue weighted by atomic mass is 9.75. The van der Waals surface area contributed by atoms with E-state index in [2.05, 4.69) is 24.1 Å². The topological polar surface area (TPSA) is 30.5 Å². The largest absolute Gasteiger partial charge is 0.381 e. The third-order valence-electron chi connectivity index (χ3n) is 5.21. The van der Waals surface area contributed by atoms with Crippen LogP contribution in [-0.2, 0) is 9.47 Å². The molecule has 0 radical (unpaired) electrons. The number of nitrogens with one attached hydrogen (secondary N) is 1. The van der Waals surface area contributed by atoms with Crippen LogP contribution in [0.3, 0.4) is 0 Å². The second-order valence-corrected chi connectivity index (χ2v) is 7.46. The summed E-state index contributed by atoms with van der Waals surface area (Å²) in [5, 5.41) is 3.63. The van der Waals surface area contributed by atoms with Crippen molar-refractivity contribution in [2.24, 2.45) is 11.8 Å². The van der Waals surface area contributed by atoms with Gasteiger partial charge in [-0.15, -0.1) is 0 Å². The standard InChI is InChI=1S/C15H27NO2S/c1-16-14(12-2-6-17-7-3-12)13-4-8-18-15(10-13)5-9-19-11-15/h12-14,16H,2-11H2,1H3. The lowest BCUT2D eigenvalue weighted by Crippen LogP contribution is -2.49. The Bertz CT molecular complexity index is 288. The van der Waals surface area contributed by atoms with E-state index in [1.807, 2.05) is 0 Å². The summed E-state index contributed by atoms with van der Waals surface area (Å²) >= 11 is 2.07. The highest BCUT2D eigenvalue weighted by Gasteiger charge is 2.43. The van der Waals surface area contributed by atoms with E-state index < -0.39 is 0 Å². The average Bonchev–Trinajstić information content (AvgIpc) is 2.89. The summed E-state index contributed by atoms with van der Waals surface area (Å²) in [6, 6.07) is 0.662. The number of rotatable bonds is 3. The summed E-state index contributed by atoms with van der Waals surface area (Å²) in [7, 11) is 2.14. The molecule has 3 atom stereocenters. The Labute approximate surface area is 121 Å². The normalized spacial score (nSPS) is 38.7. The Morgan fingerprint density at radius 1 is 1.16 bits per heavy atom. The third kappa shape index (κ3) is 3.12. The number of hydrogen-bond donors (Lipinski definition) is 1. The fourth-order valence-electron chi connectivity index (χ4n) is 4.17. The number of ether oxygens (including phenoxy) is 2. The van der Waals surface area contributed by atoms with Crippen molar-refractivity contribution in [2.75, 3.05) is 38.4 Å². The molecule has 3 aliphatic rings. The van der Waals surface area contributed by atoms with Crippen LogP contribution in [-0.4, -0.2) is 50.0 Å². The molecule has 3 heterocycles. The first kappa shape index (κ1) is 14.2. The van der Waals surface area contributed by atoms with Crippen molar-refractivity contribution in [1.82, 2.24) is 5.32 Å². The number of thioether (sulfide) groups is 1. The van der Waals surface area contributed by atoms with Gasteiger partial charge in [-0.2, -0.15) is 11.8 Å². The minimum absolute atomic E-state index is 0.216. The highest BCUT2D eigenvalue weighted by molar-refractivity contribution is 7.99. The molecular formula is C15H27NO2S. The highest BCUT2D eigenvalue weighted by Crippen LogP contribution is 2.42. The molecule has 19 heavy (non-hydrogen) atoms. The summed E-state index contributed by atoms with van der Waals surface area (Å²) in [5.41, 5.74) is 0.216. The van der Waals surface area contributed by atoms with Crippen molar-refractivity contribution < 1.29 is 9.47 Å². The molecule has 3 saturated heterocycles. The fourth-order valence-corrected chi connectivity index (χ4v) is 5.54. The SMILES string of the molecule is CNC(C1CCOCC1)C1CCOC2(CCSC2)C1. The molecule has 3 aliphatic heterocycles. The van der Waals surface area contributed by atoms with E-state index in [-0.39, 0.29) is 5.60 Å². The van der Waals surface area contributed by atoms with Crippen molar-refractivity contribution in [1.29, 1.82) is 0 Å². The molecule has 0 aromatic heterocycles. The first-order valence-corrected chi connectivity index (χ1v) is 8.95. The molecule has 3 fully saturated rings. The molecule has 1 N–H and O–H groups in total. The molecule has 1 spiro atoms. The Morgan fingerprint density at radius 2 is 1.95 bits per heavy atom. The van der Waals surface area contributed by atoms with Crippen LogP contribution in [0, 0.1) is 11.8 Å². The van der Waals surface area contributed by atoms with Crippen molar-refractivity contribution in [3.63, 3.8) is 0 Å². The van der Waals surface area contributed by atoms with Gasteiger partial charge in [0.15, 0.2) is 0 Å². The minimum atomic E-state index is 0.216. The van der Waals surface area contributed by atoms with Crippen LogP contribution in [0.1, 0.15) is 32.1 Å². The van der Waals surface area contributed by atoms with E-state index in [9.17, 15) is 0 Å². The van der Waals surface area contributed by atoms with Crippen LogP contribution in [0.2, 0.25) is 0 Å². The molecule has 3 unspecified atom stereocenters. The van der Waals surface area contributed by atoms with Gasteiger partial charge in [-0.3, -0.25) is 0 Å². The zero-order chi connectivity index (χ0) is 13.1. The quantitative estimate of drug-likeness (QED) is 0.862. The van der Waals surface area contributed by atoms with Gasteiger partial charge in [-0.25, -0.2) is 0 Å². The van der Waals surface area contributed by atoms with Gasteiger partial charge in [-0.05, 0) is 56.7 Å². The maximum absolute atomic E-state index is 6.17. The molecule has 3 rings (SSSR count). The van der Waals surface area contributed by atoms with Gasteiger partial charge in [0.05, 0.1) is 5.60 Å². The predicted octanol–water partition coefficient (Wildman–Crippen LogP) is 2.30. The van der Waals surface area contributed by atoms with Gasteiger partial charge >= 0.3 is 0 Å². The smallest absolute Gasteiger partial charge is 0.0783 e. The molecule has 0 amide bonds. The predicted molar refractivity (Wildman–Crippen MR) is 79.7 cm³/mol. The molecule has 0 bridgehead atoms. The lowest BCUT2D eigenvalue weighted by molar-refractivity contribution is -0.0909. The highest BCUT2D eigenvalue weighted by atomic mass is 32.2. The van der Waals surface area contributed by atoms with E-state index in [1.54, 1.807) is 0 Å². The van der Waals surface area contributed by atoms with E-state index in [4.69, 9.17) is 9.47 Å². The van der Waals surface area contributed by atoms with Crippen LogP contribution in [0.15, 0.2) is 0 Å². The van der Waals surface area contributed by atoms with Crippen LogP contribution in [0.5, 0.6) is 0 Å². The van der Waals surface area contributed by atoms with Crippen LogP contribution < -0.4 is 5.32 Å². The van der Waals surface area contributed by atoms with E-state index >= 15 is 0 Å². The maximum Gasteiger partial charge on any atom is 0.0783 e. The summed E-state index contributed by atoms with van der Waals surface area (Å²) in [6.45, 7) is 2.87. The molecule has 0 aliphatic carbocycles.